The molecule has 2 rings (SSSR count). The first-order valence-electron chi connectivity index (χ1n) is 7.40. The summed E-state index contributed by atoms with van der Waals surface area (Å²) >= 11 is 12.3. The third kappa shape index (κ3) is 3.50. The zero-order valence-corrected chi connectivity index (χ0v) is 14.4. The van der Waals surface area contributed by atoms with Crippen LogP contribution in [-0.4, -0.2) is 13.1 Å². The molecular formula is C17H25Cl2N. The predicted octanol–water partition coefficient (Wildman–Crippen LogP) is 5.30. The van der Waals surface area contributed by atoms with E-state index in [9.17, 15) is 0 Å². The van der Waals surface area contributed by atoms with Crippen molar-refractivity contribution in [2.45, 2.75) is 46.0 Å². The van der Waals surface area contributed by atoms with Crippen molar-refractivity contribution in [2.24, 2.45) is 11.3 Å². The average Bonchev–Trinajstić information content (AvgIpc) is 2.29. The largest absolute Gasteiger partial charge is 0.316 e. The summed E-state index contributed by atoms with van der Waals surface area (Å²) in [5.74, 6) is 0.675. The summed E-state index contributed by atoms with van der Waals surface area (Å²) < 4.78 is 0. The maximum absolute atomic E-state index is 6.20. The fraction of sp³-hybridized carbons (Fsp3) is 0.647. The first-order valence-corrected chi connectivity index (χ1v) is 8.16. The van der Waals surface area contributed by atoms with E-state index in [-0.39, 0.29) is 5.41 Å². The molecule has 0 amide bonds. The lowest BCUT2D eigenvalue weighted by molar-refractivity contribution is 0.0559. The summed E-state index contributed by atoms with van der Waals surface area (Å²) in [5.41, 5.74) is 1.96. The minimum absolute atomic E-state index is 0.215. The van der Waals surface area contributed by atoms with Gasteiger partial charge in [-0.05, 0) is 48.4 Å². The van der Waals surface area contributed by atoms with Gasteiger partial charge in [0.1, 0.15) is 0 Å². The van der Waals surface area contributed by atoms with Crippen molar-refractivity contribution in [3.63, 3.8) is 0 Å². The molecule has 0 saturated heterocycles. The van der Waals surface area contributed by atoms with Crippen LogP contribution in [0.1, 0.15) is 46.1 Å². The van der Waals surface area contributed by atoms with Gasteiger partial charge in [0, 0.05) is 12.0 Å². The molecule has 0 atom stereocenters. The van der Waals surface area contributed by atoms with Crippen LogP contribution in [0.4, 0.5) is 0 Å². The van der Waals surface area contributed by atoms with Crippen LogP contribution in [0.25, 0.3) is 0 Å². The van der Waals surface area contributed by atoms with Crippen molar-refractivity contribution >= 4 is 23.2 Å². The summed E-state index contributed by atoms with van der Waals surface area (Å²) in [7, 11) is 0. The molecule has 3 heteroatoms. The Morgan fingerprint density at radius 1 is 1.15 bits per heavy atom. The van der Waals surface area contributed by atoms with Crippen molar-refractivity contribution < 1.29 is 0 Å². The number of halogens is 2. The van der Waals surface area contributed by atoms with Gasteiger partial charge in [-0.3, -0.25) is 0 Å². The number of hydrogen-bond acceptors (Lipinski definition) is 1. The van der Waals surface area contributed by atoms with E-state index in [1.807, 2.05) is 6.07 Å². The Balaban J connectivity index is 2.17. The van der Waals surface area contributed by atoms with Crippen molar-refractivity contribution in [3.05, 3.63) is 33.8 Å². The average molecular weight is 314 g/mol. The van der Waals surface area contributed by atoms with Crippen LogP contribution in [0.5, 0.6) is 0 Å². The van der Waals surface area contributed by atoms with Crippen molar-refractivity contribution in [3.8, 4) is 0 Å². The molecule has 1 saturated carbocycles. The van der Waals surface area contributed by atoms with Gasteiger partial charge in [-0.25, -0.2) is 0 Å². The molecule has 0 spiro atoms. The zero-order valence-electron chi connectivity index (χ0n) is 12.9. The molecule has 1 fully saturated rings. The van der Waals surface area contributed by atoms with Gasteiger partial charge in [-0.2, -0.15) is 0 Å². The molecule has 1 aliphatic rings. The van der Waals surface area contributed by atoms with Gasteiger partial charge in [0.05, 0.1) is 10.0 Å². The molecule has 1 aliphatic carbocycles. The Labute approximate surface area is 133 Å². The van der Waals surface area contributed by atoms with Crippen LogP contribution in [0.15, 0.2) is 18.2 Å². The first-order chi connectivity index (χ1) is 9.24. The highest BCUT2D eigenvalue weighted by atomic mass is 35.5. The summed E-state index contributed by atoms with van der Waals surface area (Å²) in [6.07, 6.45) is 2.39. The SMILES string of the molecule is CC(C)CNCC1(c2ccc(Cl)c(Cl)c2)CC(C)(C)C1. The molecule has 0 aromatic heterocycles. The molecule has 20 heavy (non-hydrogen) atoms. The van der Waals surface area contributed by atoms with Crippen LogP contribution in [0.3, 0.4) is 0 Å². The Kier molecular flexibility index (Phi) is 4.73. The lowest BCUT2D eigenvalue weighted by atomic mass is 9.52. The molecule has 0 unspecified atom stereocenters. The number of nitrogens with one attached hydrogen (secondary N) is 1. The smallest absolute Gasteiger partial charge is 0.0595 e. The van der Waals surface area contributed by atoms with Crippen molar-refractivity contribution in [1.29, 1.82) is 0 Å². The third-order valence-corrected chi connectivity index (χ3v) is 4.92. The van der Waals surface area contributed by atoms with Gasteiger partial charge in [0.2, 0.25) is 0 Å². The molecular weight excluding hydrogens is 289 g/mol. The van der Waals surface area contributed by atoms with Crippen LogP contribution < -0.4 is 5.32 Å². The van der Waals surface area contributed by atoms with E-state index in [4.69, 9.17) is 23.2 Å². The number of rotatable bonds is 5. The quantitative estimate of drug-likeness (QED) is 0.778. The van der Waals surface area contributed by atoms with Gasteiger partial charge in [-0.1, -0.05) is 57.0 Å². The molecule has 0 radical (unpaired) electrons. The first kappa shape index (κ1) is 16.1. The van der Waals surface area contributed by atoms with E-state index in [1.165, 1.54) is 18.4 Å². The molecule has 1 N–H and O–H groups in total. The van der Waals surface area contributed by atoms with E-state index >= 15 is 0 Å². The zero-order chi connectivity index (χ0) is 15.0. The Bertz CT molecular complexity index is 472. The maximum atomic E-state index is 6.20. The Morgan fingerprint density at radius 2 is 1.80 bits per heavy atom. The second-order valence-corrected chi connectivity index (χ2v) is 8.27. The van der Waals surface area contributed by atoms with E-state index in [2.05, 4.69) is 45.1 Å². The lowest BCUT2D eigenvalue weighted by Gasteiger charge is -2.54. The standard InChI is InChI=1S/C17H25Cl2N/c1-12(2)8-20-11-17(9-16(3,4)10-17)13-5-6-14(18)15(19)7-13/h5-7,12,20H,8-11H2,1-4H3. The molecule has 1 aromatic rings. The topological polar surface area (TPSA) is 12.0 Å². The van der Waals surface area contributed by atoms with Gasteiger partial charge in [0.25, 0.3) is 0 Å². The van der Waals surface area contributed by atoms with E-state index in [0.29, 0.717) is 21.4 Å². The molecule has 1 nitrogen and oxygen atoms in total. The maximum Gasteiger partial charge on any atom is 0.0595 e. The van der Waals surface area contributed by atoms with Gasteiger partial charge >= 0.3 is 0 Å². The minimum Gasteiger partial charge on any atom is -0.316 e. The fourth-order valence-corrected chi connectivity index (χ4v) is 3.94. The van der Waals surface area contributed by atoms with E-state index < -0.39 is 0 Å². The monoisotopic (exact) mass is 313 g/mol. The third-order valence-electron chi connectivity index (χ3n) is 4.18. The van der Waals surface area contributed by atoms with Crippen molar-refractivity contribution in [2.75, 3.05) is 13.1 Å². The molecule has 0 bridgehead atoms. The highest BCUT2D eigenvalue weighted by molar-refractivity contribution is 6.42. The van der Waals surface area contributed by atoms with Crippen LogP contribution in [0.2, 0.25) is 10.0 Å². The fourth-order valence-electron chi connectivity index (χ4n) is 3.64. The summed E-state index contributed by atoms with van der Waals surface area (Å²) in [4.78, 5) is 0. The minimum atomic E-state index is 0.215. The van der Waals surface area contributed by atoms with Gasteiger partial charge in [0.15, 0.2) is 0 Å². The van der Waals surface area contributed by atoms with Gasteiger partial charge < -0.3 is 5.32 Å². The molecule has 1 aromatic carbocycles. The van der Waals surface area contributed by atoms with Crippen LogP contribution in [0, 0.1) is 11.3 Å². The van der Waals surface area contributed by atoms with E-state index in [1.54, 1.807) is 0 Å². The number of benzene rings is 1. The number of hydrogen-bond donors (Lipinski definition) is 1. The predicted molar refractivity (Wildman–Crippen MR) is 88.9 cm³/mol. The molecule has 0 heterocycles. The highest BCUT2D eigenvalue weighted by Gasteiger charge is 2.49. The van der Waals surface area contributed by atoms with Gasteiger partial charge in [-0.15, -0.1) is 0 Å². The Hall–Kier alpha value is -0.240. The highest BCUT2D eigenvalue weighted by Crippen LogP contribution is 2.55. The Morgan fingerprint density at radius 3 is 2.30 bits per heavy atom. The summed E-state index contributed by atoms with van der Waals surface area (Å²) in [6, 6.07) is 6.12. The summed E-state index contributed by atoms with van der Waals surface area (Å²) in [6.45, 7) is 11.2. The molecule has 0 aliphatic heterocycles. The second kappa shape index (κ2) is 5.87. The normalized spacial score (nSPS) is 19.9. The van der Waals surface area contributed by atoms with Crippen LogP contribution in [-0.2, 0) is 5.41 Å². The van der Waals surface area contributed by atoms with Crippen molar-refractivity contribution in [1.82, 2.24) is 5.32 Å². The van der Waals surface area contributed by atoms with Crippen LogP contribution >= 0.6 is 23.2 Å². The lowest BCUT2D eigenvalue weighted by Crippen LogP contribution is -2.52. The summed E-state index contributed by atoms with van der Waals surface area (Å²) in [5, 5.41) is 4.92. The molecule has 112 valence electrons. The second-order valence-electron chi connectivity index (χ2n) is 7.45. The van der Waals surface area contributed by atoms with E-state index in [0.717, 1.165) is 13.1 Å².